The third-order valence-corrected chi connectivity index (χ3v) is 0.795. The van der Waals surface area contributed by atoms with Gasteiger partial charge in [-0.1, -0.05) is 12.2 Å². The van der Waals surface area contributed by atoms with Crippen LogP contribution in [0.15, 0.2) is 12.2 Å². The molecule has 0 fully saturated rings. The molecule has 0 aromatic carbocycles. The van der Waals surface area contributed by atoms with Crippen LogP contribution in [0.3, 0.4) is 0 Å². The Bertz CT molecular complexity index is 118. The van der Waals surface area contributed by atoms with Gasteiger partial charge in [0.2, 0.25) is 0 Å². The first kappa shape index (κ1) is 9.01. The average Bonchev–Trinajstić information content (AvgIpc) is 1.89. The lowest BCUT2D eigenvalue weighted by Crippen LogP contribution is -2.06. The normalized spacial score (nSPS) is 9.80. The van der Waals surface area contributed by atoms with Gasteiger partial charge in [-0.3, -0.25) is 0 Å². The predicted molar refractivity (Wildman–Crippen MR) is 37.8 cm³/mol. The second kappa shape index (κ2) is 6.13. The van der Waals surface area contributed by atoms with Gasteiger partial charge in [0.15, 0.2) is 0 Å². The molecule has 58 valence electrons. The van der Waals surface area contributed by atoms with Gasteiger partial charge in [-0.2, -0.15) is 0 Å². The van der Waals surface area contributed by atoms with E-state index < -0.39 is 6.16 Å². The fourth-order valence-electron chi connectivity index (χ4n) is 0.372. The van der Waals surface area contributed by atoms with Crippen molar-refractivity contribution < 1.29 is 14.3 Å². The molecule has 0 aliphatic rings. The van der Waals surface area contributed by atoms with E-state index in [1.54, 1.807) is 19.1 Å². The summed E-state index contributed by atoms with van der Waals surface area (Å²) in [6.07, 6.45) is 2.93. The molecule has 0 saturated heterocycles. The van der Waals surface area contributed by atoms with E-state index in [2.05, 4.69) is 9.47 Å². The van der Waals surface area contributed by atoms with Crippen LogP contribution in [-0.4, -0.2) is 19.4 Å². The van der Waals surface area contributed by atoms with Crippen LogP contribution in [0.2, 0.25) is 0 Å². The molecule has 0 amide bonds. The molecular weight excluding hydrogens is 132 g/mol. The van der Waals surface area contributed by atoms with Crippen molar-refractivity contribution in [2.75, 3.05) is 13.2 Å². The fourth-order valence-corrected chi connectivity index (χ4v) is 0.372. The summed E-state index contributed by atoms with van der Waals surface area (Å²) in [7, 11) is 0. The van der Waals surface area contributed by atoms with Gasteiger partial charge >= 0.3 is 6.16 Å². The first-order chi connectivity index (χ1) is 4.81. The lowest BCUT2D eigenvalue weighted by atomic mass is 10.6. The Balaban J connectivity index is 3.21. The van der Waals surface area contributed by atoms with Gasteiger partial charge < -0.3 is 9.47 Å². The van der Waals surface area contributed by atoms with E-state index in [4.69, 9.17) is 0 Å². The lowest BCUT2D eigenvalue weighted by Gasteiger charge is -1.99. The highest BCUT2D eigenvalue weighted by Crippen LogP contribution is 1.84. The fraction of sp³-hybridized carbons (Fsp3) is 0.571. The maximum atomic E-state index is 10.4. The van der Waals surface area contributed by atoms with Crippen molar-refractivity contribution in [3.05, 3.63) is 12.2 Å². The van der Waals surface area contributed by atoms with Gasteiger partial charge in [0.05, 0.1) is 6.61 Å². The quantitative estimate of drug-likeness (QED) is 0.447. The zero-order chi connectivity index (χ0) is 7.82. The number of allylic oxidation sites excluding steroid dienone is 1. The highest BCUT2D eigenvalue weighted by atomic mass is 16.7. The number of ether oxygens (including phenoxy) is 2. The largest absolute Gasteiger partial charge is 0.508 e. The summed E-state index contributed by atoms with van der Waals surface area (Å²) in [5, 5.41) is 0. The third kappa shape index (κ3) is 5.15. The highest BCUT2D eigenvalue weighted by Gasteiger charge is 1.97. The molecule has 0 bridgehead atoms. The van der Waals surface area contributed by atoms with Crippen LogP contribution in [0, 0.1) is 0 Å². The van der Waals surface area contributed by atoms with Crippen molar-refractivity contribution in [2.24, 2.45) is 0 Å². The Morgan fingerprint density at radius 2 is 2.20 bits per heavy atom. The van der Waals surface area contributed by atoms with Gasteiger partial charge in [-0.25, -0.2) is 4.79 Å². The minimum atomic E-state index is -0.611. The molecular formula is C7H12O3. The van der Waals surface area contributed by atoms with Crippen LogP contribution >= 0.6 is 0 Å². The van der Waals surface area contributed by atoms with Crippen LogP contribution < -0.4 is 0 Å². The van der Waals surface area contributed by atoms with E-state index in [0.29, 0.717) is 6.61 Å². The number of hydrogen-bond acceptors (Lipinski definition) is 3. The second-order valence-electron chi connectivity index (χ2n) is 1.56. The zero-order valence-electron chi connectivity index (χ0n) is 6.29. The summed E-state index contributed by atoms with van der Waals surface area (Å²) >= 11 is 0. The van der Waals surface area contributed by atoms with E-state index in [0.717, 1.165) is 0 Å². The lowest BCUT2D eigenvalue weighted by molar-refractivity contribution is 0.0673. The van der Waals surface area contributed by atoms with Crippen LogP contribution in [0.5, 0.6) is 0 Å². The maximum absolute atomic E-state index is 10.4. The summed E-state index contributed by atoms with van der Waals surface area (Å²) < 4.78 is 9.07. The SMILES string of the molecule is C/C=C/COC(=O)OCC. The average molecular weight is 144 g/mol. The summed E-state index contributed by atoms with van der Waals surface area (Å²) in [5.74, 6) is 0. The highest BCUT2D eigenvalue weighted by molar-refractivity contribution is 5.59. The molecule has 3 nitrogen and oxygen atoms in total. The summed E-state index contributed by atoms with van der Waals surface area (Å²) in [4.78, 5) is 10.4. The molecule has 0 atom stereocenters. The van der Waals surface area contributed by atoms with Crippen LogP contribution in [0.4, 0.5) is 4.79 Å². The first-order valence-electron chi connectivity index (χ1n) is 3.22. The molecule has 0 rings (SSSR count). The van der Waals surface area contributed by atoms with Crippen molar-refractivity contribution in [1.29, 1.82) is 0 Å². The van der Waals surface area contributed by atoms with Crippen molar-refractivity contribution in [1.82, 2.24) is 0 Å². The Morgan fingerprint density at radius 3 is 2.70 bits per heavy atom. The van der Waals surface area contributed by atoms with E-state index >= 15 is 0 Å². The van der Waals surface area contributed by atoms with Crippen molar-refractivity contribution >= 4 is 6.16 Å². The molecule has 0 radical (unpaired) electrons. The Labute approximate surface area is 60.6 Å². The molecule has 0 aliphatic carbocycles. The molecule has 3 heteroatoms. The molecule has 0 unspecified atom stereocenters. The predicted octanol–water partition coefficient (Wildman–Crippen LogP) is 1.74. The monoisotopic (exact) mass is 144 g/mol. The van der Waals surface area contributed by atoms with Gasteiger partial charge in [0.25, 0.3) is 0 Å². The molecule has 0 saturated carbocycles. The van der Waals surface area contributed by atoms with E-state index in [1.807, 2.05) is 6.92 Å². The molecule has 0 N–H and O–H groups in total. The van der Waals surface area contributed by atoms with Gasteiger partial charge in [0, 0.05) is 0 Å². The van der Waals surface area contributed by atoms with Crippen LogP contribution in [-0.2, 0) is 9.47 Å². The van der Waals surface area contributed by atoms with E-state index in [9.17, 15) is 4.79 Å². The maximum Gasteiger partial charge on any atom is 0.508 e. The number of carbonyl (C=O) groups is 1. The van der Waals surface area contributed by atoms with Crippen molar-refractivity contribution in [3.63, 3.8) is 0 Å². The standard InChI is InChI=1S/C7H12O3/c1-3-5-6-10-7(8)9-4-2/h3,5H,4,6H2,1-2H3/b5-3+. The molecule has 0 spiro atoms. The molecule has 10 heavy (non-hydrogen) atoms. The topological polar surface area (TPSA) is 35.5 Å². The van der Waals surface area contributed by atoms with Gasteiger partial charge in [0.1, 0.15) is 6.61 Å². The second-order valence-corrected chi connectivity index (χ2v) is 1.56. The third-order valence-electron chi connectivity index (χ3n) is 0.795. The van der Waals surface area contributed by atoms with Crippen LogP contribution in [0.1, 0.15) is 13.8 Å². The molecule has 0 aliphatic heterocycles. The Morgan fingerprint density at radius 1 is 1.50 bits per heavy atom. The smallest absolute Gasteiger partial charge is 0.435 e. The van der Waals surface area contributed by atoms with E-state index in [-0.39, 0.29) is 6.61 Å². The first-order valence-corrected chi connectivity index (χ1v) is 3.22. The Kier molecular flexibility index (Phi) is 5.53. The minimum Gasteiger partial charge on any atom is -0.435 e. The summed E-state index contributed by atoms with van der Waals surface area (Å²) in [5.41, 5.74) is 0. The zero-order valence-corrected chi connectivity index (χ0v) is 6.29. The van der Waals surface area contributed by atoms with E-state index in [1.165, 1.54) is 0 Å². The number of hydrogen-bond donors (Lipinski definition) is 0. The molecule has 0 aromatic heterocycles. The Hall–Kier alpha value is -0.990. The summed E-state index contributed by atoms with van der Waals surface area (Å²) in [6.45, 7) is 4.23. The number of rotatable bonds is 3. The van der Waals surface area contributed by atoms with Gasteiger partial charge in [-0.05, 0) is 13.8 Å². The molecule has 0 aromatic rings. The molecule has 0 heterocycles. The minimum absolute atomic E-state index is 0.287. The van der Waals surface area contributed by atoms with Crippen molar-refractivity contribution in [3.8, 4) is 0 Å². The van der Waals surface area contributed by atoms with Gasteiger partial charge in [-0.15, -0.1) is 0 Å². The number of carbonyl (C=O) groups excluding carboxylic acids is 1. The summed E-state index contributed by atoms with van der Waals surface area (Å²) in [6, 6.07) is 0. The van der Waals surface area contributed by atoms with Crippen LogP contribution in [0.25, 0.3) is 0 Å². The van der Waals surface area contributed by atoms with Crippen molar-refractivity contribution in [2.45, 2.75) is 13.8 Å².